The summed E-state index contributed by atoms with van der Waals surface area (Å²) in [6, 6.07) is 16.7. The van der Waals surface area contributed by atoms with E-state index in [1.54, 1.807) is 38.4 Å². The van der Waals surface area contributed by atoms with Crippen LogP contribution >= 0.6 is 0 Å². The Labute approximate surface area is 203 Å². The maximum absolute atomic E-state index is 12.7. The van der Waals surface area contributed by atoms with Crippen molar-refractivity contribution < 1.29 is 27.6 Å². The van der Waals surface area contributed by atoms with Crippen molar-refractivity contribution in [3.05, 3.63) is 88.0 Å². The number of carbonyl (C=O) groups is 1. The van der Waals surface area contributed by atoms with Gasteiger partial charge in [0.2, 0.25) is 0 Å². The lowest BCUT2D eigenvalue weighted by Crippen LogP contribution is -2.30. The second-order valence-electron chi connectivity index (χ2n) is 7.64. The zero-order valence-electron chi connectivity index (χ0n) is 19.4. The number of nitro benzene ring substituents is 1. The molecular weight excluding hydrogens is 474 g/mol. The Hall–Kier alpha value is -4.12. The largest absolute Gasteiger partial charge is 0.497 e. The van der Waals surface area contributed by atoms with Gasteiger partial charge in [-0.3, -0.25) is 19.6 Å². The van der Waals surface area contributed by atoms with E-state index in [1.807, 2.05) is 0 Å². The third kappa shape index (κ3) is 6.48. The lowest BCUT2D eigenvalue weighted by atomic mass is 10.2. The summed E-state index contributed by atoms with van der Waals surface area (Å²) in [4.78, 5) is 24.4. The van der Waals surface area contributed by atoms with Gasteiger partial charge in [-0.25, -0.2) is 8.42 Å². The summed E-state index contributed by atoms with van der Waals surface area (Å²) in [5.41, 5.74) is 0.657. The van der Waals surface area contributed by atoms with Crippen LogP contribution in [0.1, 0.15) is 15.9 Å². The average molecular weight is 500 g/mol. The summed E-state index contributed by atoms with van der Waals surface area (Å²) in [5, 5.41) is 11.1. The molecule has 0 unspecified atom stereocenters. The van der Waals surface area contributed by atoms with E-state index in [1.165, 1.54) is 48.2 Å². The van der Waals surface area contributed by atoms with Crippen LogP contribution in [-0.2, 0) is 10.0 Å². The van der Waals surface area contributed by atoms with E-state index in [4.69, 9.17) is 9.47 Å². The molecule has 3 aromatic rings. The molecule has 11 heteroatoms. The van der Waals surface area contributed by atoms with Gasteiger partial charge in [0.05, 0.1) is 23.5 Å². The maximum Gasteiger partial charge on any atom is 0.273 e. The molecule has 1 N–H and O–H groups in total. The summed E-state index contributed by atoms with van der Waals surface area (Å²) < 4.78 is 38.4. The second kappa shape index (κ2) is 10.9. The van der Waals surface area contributed by atoms with Gasteiger partial charge in [-0.1, -0.05) is 6.07 Å². The van der Waals surface area contributed by atoms with Gasteiger partial charge < -0.3 is 14.4 Å². The summed E-state index contributed by atoms with van der Waals surface area (Å²) >= 11 is 0. The molecule has 3 rings (SSSR count). The van der Waals surface area contributed by atoms with Crippen LogP contribution < -0.4 is 14.2 Å². The molecule has 0 saturated carbocycles. The number of sulfonamides is 1. The van der Waals surface area contributed by atoms with Crippen LogP contribution in [0.4, 0.5) is 11.4 Å². The Morgan fingerprint density at radius 3 is 2.26 bits per heavy atom. The highest BCUT2D eigenvalue weighted by atomic mass is 32.2. The first kappa shape index (κ1) is 25.5. The standard InChI is InChI=1S/C24H25N3O7S/c1-17-4-13-22(16-23(17)27(29)30)35(31,32)25-19-7-5-18(6-8-19)24(28)26(2)14-15-34-21-11-9-20(33-3)10-12-21/h4-13,16,25H,14-15H2,1-3H3. The van der Waals surface area contributed by atoms with Gasteiger partial charge >= 0.3 is 0 Å². The van der Waals surface area contributed by atoms with Crippen LogP contribution in [0.25, 0.3) is 0 Å². The highest BCUT2D eigenvalue weighted by Gasteiger charge is 2.20. The minimum Gasteiger partial charge on any atom is -0.497 e. The molecule has 0 bridgehead atoms. The van der Waals surface area contributed by atoms with Crippen molar-refractivity contribution in [2.75, 3.05) is 32.0 Å². The van der Waals surface area contributed by atoms with Crippen LogP contribution in [0.15, 0.2) is 71.6 Å². The number of nitrogens with zero attached hydrogens (tertiary/aromatic N) is 2. The van der Waals surface area contributed by atoms with Crippen molar-refractivity contribution in [2.24, 2.45) is 0 Å². The van der Waals surface area contributed by atoms with Gasteiger partial charge in [0.15, 0.2) is 0 Å². The van der Waals surface area contributed by atoms with E-state index >= 15 is 0 Å². The first-order valence-corrected chi connectivity index (χ1v) is 12.0. The number of benzene rings is 3. The molecule has 1 amide bonds. The van der Waals surface area contributed by atoms with E-state index in [0.29, 0.717) is 23.4 Å². The van der Waals surface area contributed by atoms with Crippen LogP contribution in [-0.4, -0.2) is 51.5 Å². The van der Waals surface area contributed by atoms with Crippen LogP contribution in [0, 0.1) is 17.0 Å². The van der Waals surface area contributed by atoms with Crippen molar-refractivity contribution in [3.63, 3.8) is 0 Å². The zero-order chi connectivity index (χ0) is 25.6. The van der Waals surface area contributed by atoms with E-state index in [2.05, 4.69) is 4.72 Å². The van der Waals surface area contributed by atoms with Crippen LogP contribution in [0.3, 0.4) is 0 Å². The van der Waals surface area contributed by atoms with Gasteiger partial charge in [-0.15, -0.1) is 0 Å². The minimum absolute atomic E-state index is 0.218. The first-order chi connectivity index (χ1) is 16.6. The molecule has 0 aliphatic heterocycles. The smallest absolute Gasteiger partial charge is 0.273 e. The molecule has 184 valence electrons. The second-order valence-corrected chi connectivity index (χ2v) is 9.32. The molecule has 0 spiro atoms. The van der Waals surface area contributed by atoms with Gasteiger partial charge in [0.25, 0.3) is 21.6 Å². The number of hydrogen-bond acceptors (Lipinski definition) is 7. The average Bonchev–Trinajstić information content (AvgIpc) is 2.84. The number of amides is 1. The number of carbonyl (C=O) groups excluding carboxylic acids is 1. The van der Waals surface area contributed by atoms with Crippen molar-refractivity contribution in [1.82, 2.24) is 4.90 Å². The molecule has 0 saturated heterocycles. The monoisotopic (exact) mass is 499 g/mol. The number of aryl methyl sites for hydroxylation is 1. The Balaban J connectivity index is 1.59. The lowest BCUT2D eigenvalue weighted by molar-refractivity contribution is -0.385. The summed E-state index contributed by atoms with van der Waals surface area (Å²) in [5.74, 6) is 1.12. The fourth-order valence-corrected chi connectivity index (χ4v) is 4.22. The van der Waals surface area contributed by atoms with E-state index in [-0.39, 0.29) is 28.8 Å². The van der Waals surface area contributed by atoms with Crippen LogP contribution in [0.5, 0.6) is 11.5 Å². The van der Waals surface area contributed by atoms with E-state index in [9.17, 15) is 23.3 Å². The van der Waals surface area contributed by atoms with Crippen LogP contribution in [0.2, 0.25) is 0 Å². The normalized spacial score (nSPS) is 10.9. The third-order valence-corrected chi connectivity index (χ3v) is 6.55. The van der Waals surface area contributed by atoms with Crippen molar-refractivity contribution in [1.29, 1.82) is 0 Å². The number of hydrogen-bond donors (Lipinski definition) is 1. The Morgan fingerprint density at radius 2 is 1.66 bits per heavy atom. The molecule has 35 heavy (non-hydrogen) atoms. The third-order valence-electron chi connectivity index (χ3n) is 5.17. The van der Waals surface area contributed by atoms with Crippen molar-refractivity contribution >= 4 is 27.3 Å². The molecule has 0 radical (unpaired) electrons. The van der Waals surface area contributed by atoms with E-state index < -0.39 is 14.9 Å². The highest BCUT2D eigenvalue weighted by Crippen LogP contribution is 2.24. The quantitative estimate of drug-likeness (QED) is 0.331. The molecule has 0 aliphatic rings. The molecule has 0 atom stereocenters. The number of ether oxygens (including phenoxy) is 2. The Bertz CT molecular complexity index is 1310. The Morgan fingerprint density at radius 1 is 1.03 bits per heavy atom. The Kier molecular flexibility index (Phi) is 7.92. The number of anilines is 1. The fraction of sp³-hybridized carbons (Fsp3) is 0.208. The minimum atomic E-state index is -4.05. The molecule has 3 aromatic carbocycles. The number of nitro groups is 1. The summed E-state index contributed by atoms with van der Waals surface area (Å²) in [6.45, 7) is 2.15. The SMILES string of the molecule is COc1ccc(OCCN(C)C(=O)c2ccc(NS(=O)(=O)c3ccc(C)c([N+](=O)[O-])c3)cc2)cc1. The van der Waals surface area contributed by atoms with Gasteiger partial charge in [-0.05, 0) is 61.5 Å². The van der Waals surface area contributed by atoms with Gasteiger partial charge in [-0.2, -0.15) is 0 Å². The molecule has 0 aromatic heterocycles. The number of likely N-dealkylation sites (N-methyl/N-ethyl adjacent to an activating group) is 1. The predicted octanol–water partition coefficient (Wildman–Crippen LogP) is 3.86. The lowest BCUT2D eigenvalue weighted by Gasteiger charge is -2.18. The van der Waals surface area contributed by atoms with Gasteiger partial charge in [0, 0.05) is 29.9 Å². The predicted molar refractivity (Wildman–Crippen MR) is 131 cm³/mol. The van der Waals surface area contributed by atoms with Crippen molar-refractivity contribution in [2.45, 2.75) is 11.8 Å². The first-order valence-electron chi connectivity index (χ1n) is 10.5. The fourth-order valence-electron chi connectivity index (χ4n) is 3.14. The maximum atomic E-state index is 12.7. The van der Waals surface area contributed by atoms with Crippen molar-refractivity contribution in [3.8, 4) is 11.5 Å². The number of rotatable bonds is 10. The summed E-state index contributed by atoms with van der Waals surface area (Å²) in [7, 11) is -0.834. The van der Waals surface area contributed by atoms with E-state index in [0.717, 1.165) is 11.8 Å². The molecule has 0 heterocycles. The van der Waals surface area contributed by atoms with Gasteiger partial charge in [0.1, 0.15) is 18.1 Å². The topological polar surface area (TPSA) is 128 Å². The molecular formula is C24H25N3O7S. The number of nitrogens with one attached hydrogen (secondary N) is 1. The molecule has 10 nitrogen and oxygen atoms in total. The highest BCUT2D eigenvalue weighted by molar-refractivity contribution is 7.92. The molecule has 0 fully saturated rings. The summed E-state index contributed by atoms with van der Waals surface area (Å²) in [6.07, 6.45) is 0. The zero-order valence-corrected chi connectivity index (χ0v) is 20.2. The number of methoxy groups -OCH3 is 1. The molecule has 0 aliphatic carbocycles.